The van der Waals surface area contributed by atoms with Crippen LogP contribution in [0.15, 0.2) is 0 Å². The highest BCUT2D eigenvalue weighted by molar-refractivity contribution is 9.09. The third-order valence-corrected chi connectivity index (χ3v) is 2.40. The Labute approximate surface area is 93.4 Å². The Bertz CT molecular complexity index is 356. The first kappa shape index (κ1) is 11.7. The van der Waals surface area contributed by atoms with Crippen molar-refractivity contribution in [2.45, 2.75) is 12.8 Å². The molecule has 0 aromatic carbocycles. The molecule has 0 saturated heterocycles. The van der Waals surface area contributed by atoms with E-state index in [0.717, 1.165) is 0 Å². The number of hydrogen-bond donors (Lipinski definition) is 3. The number of carboxylic acid groups (broad SMARTS) is 2. The second-order valence-electron chi connectivity index (χ2n) is 2.83. The molecule has 1 aromatic heterocycles. The van der Waals surface area contributed by atoms with Gasteiger partial charge in [0, 0.05) is 10.9 Å². The van der Waals surface area contributed by atoms with E-state index in [4.69, 9.17) is 10.2 Å². The fourth-order valence-electron chi connectivity index (χ4n) is 1.21. The largest absolute Gasteiger partial charge is 0.477 e. The maximum absolute atomic E-state index is 10.7. The van der Waals surface area contributed by atoms with Crippen molar-refractivity contribution < 1.29 is 19.8 Å². The van der Waals surface area contributed by atoms with Crippen LogP contribution in [0.2, 0.25) is 0 Å². The van der Waals surface area contributed by atoms with Crippen LogP contribution in [0.3, 0.4) is 0 Å². The average molecular weight is 277 g/mol. The Hall–Kier alpha value is -1.37. The van der Waals surface area contributed by atoms with E-state index in [0.29, 0.717) is 18.2 Å². The van der Waals surface area contributed by atoms with Gasteiger partial charge in [-0.1, -0.05) is 15.9 Å². The maximum atomic E-state index is 10.7. The third kappa shape index (κ3) is 2.56. The van der Waals surface area contributed by atoms with Gasteiger partial charge in [0.2, 0.25) is 0 Å². The fourth-order valence-corrected chi connectivity index (χ4v) is 1.49. The number of alkyl halides is 1. The normalized spacial score (nSPS) is 10.2. The number of H-pyrrole nitrogens is 1. The Balaban J connectivity index is 3.08. The summed E-state index contributed by atoms with van der Waals surface area (Å²) in [7, 11) is 0. The molecule has 82 valence electrons. The standard InChI is InChI=1S/C8H9BrN2O4/c9-3-1-2-4-5(7(12)13)10-11-6(4)8(14)15/h1-3H2,(H,10,11)(H,12,13)(H,14,15). The highest BCUT2D eigenvalue weighted by Gasteiger charge is 2.21. The topological polar surface area (TPSA) is 103 Å². The number of rotatable bonds is 5. The van der Waals surface area contributed by atoms with Gasteiger partial charge in [-0.3, -0.25) is 5.10 Å². The van der Waals surface area contributed by atoms with Gasteiger partial charge >= 0.3 is 11.9 Å². The molecule has 0 radical (unpaired) electrons. The van der Waals surface area contributed by atoms with Crippen LogP contribution in [0, 0.1) is 0 Å². The molecule has 0 saturated carbocycles. The molecular weight excluding hydrogens is 268 g/mol. The van der Waals surface area contributed by atoms with Gasteiger partial charge in [0.15, 0.2) is 5.69 Å². The Morgan fingerprint density at radius 3 is 2.47 bits per heavy atom. The molecule has 1 rings (SSSR count). The van der Waals surface area contributed by atoms with Crippen molar-refractivity contribution in [1.29, 1.82) is 0 Å². The van der Waals surface area contributed by atoms with Gasteiger partial charge in [-0.15, -0.1) is 0 Å². The van der Waals surface area contributed by atoms with E-state index >= 15 is 0 Å². The van der Waals surface area contributed by atoms with E-state index in [1.54, 1.807) is 0 Å². The van der Waals surface area contributed by atoms with Crippen LogP contribution in [0.25, 0.3) is 0 Å². The molecule has 0 unspecified atom stereocenters. The molecule has 0 aliphatic carbocycles. The molecule has 6 nitrogen and oxygen atoms in total. The number of nitrogens with zero attached hydrogens (tertiary/aromatic N) is 1. The quantitative estimate of drug-likeness (QED) is 0.700. The lowest BCUT2D eigenvalue weighted by atomic mass is 10.1. The molecule has 0 bridgehead atoms. The molecule has 0 aliphatic rings. The van der Waals surface area contributed by atoms with Crippen LogP contribution in [0.1, 0.15) is 33.0 Å². The molecule has 0 amide bonds. The van der Waals surface area contributed by atoms with E-state index in [1.165, 1.54) is 0 Å². The first-order chi connectivity index (χ1) is 7.07. The van der Waals surface area contributed by atoms with Crippen molar-refractivity contribution in [1.82, 2.24) is 10.2 Å². The molecule has 0 aliphatic heterocycles. The summed E-state index contributed by atoms with van der Waals surface area (Å²) in [5.41, 5.74) is -0.115. The molecule has 3 N–H and O–H groups in total. The summed E-state index contributed by atoms with van der Waals surface area (Å²) in [6.45, 7) is 0. The van der Waals surface area contributed by atoms with Crippen LogP contribution < -0.4 is 0 Å². The second kappa shape index (κ2) is 4.92. The highest BCUT2D eigenvalue weighted by Crippen LogP contribution is 2.14. The van der Waals surface area contributed by atoms with Gasteiger partial charge in [-0.25, -0.2) is 9.59 Å². The molecule has 0 fully saturated rings. The van der Waals surface area contributed by atoms with Crippen molar-refractivity contribution in [2.75, 3.05) is 5.33 Å². The van der Waals surface area contributed by atoms with Crippen LogP contribution in [-0.4, -0.2) is 37.7 Å². The predicted octanol–water partition coefficient (Wildman–Crippen LogP) is 1.13. The maximum Gasteiger partial charge on any atom is 0.356 e. The van der Waals surface area contributed by atoms with Crippen LogP contribution in [0.5, 0.6) is 0 Å². The minimum absolute atomic E-state index is 0.145. The van der Waals surface area contributed by atoms with Crippen molar-refractivity contribution in [2.24, 2.45) is 0 Å². The Morgan fingerprint density at radius 1 is 1.33 bits per heavy atom. The van der Waals surface area contributed by atoms with E-state index in [2.05, 4.69) is 26.1 Å². The zero-order valence-electron chi connectivity index (χ0n) is 7.66. The molecular formula is C8H9BrN2O4. The average Bonchev–Trinajstić information content (AvgIpc) is 2.57. The van der Waals surface area contributed by atoms with Crippen molar-refractivity contribution in [3.05, 3.63) is 17.0 Å². The lowest BCUT2D eigenvalue weighted by Gasteiger charge is -1.98. The Kier molecular flexibility index (Phi) is 3.84. The number of aromatic amines is 1. The minimum atomic E-state index is -1.22. The number of aromatic nitrogens is 2. The first-order valence-corrected chi connectivity index (χ1v) is 5.29. The summed E-state index contributed by atoms with van der Waals surface area (Å²) in [6.07, 6.45) is 1.02. The molecule has 0 atom stereocenters. The zero-order chi connectivity index (χ0) is 11.4. The molecule has 1 heterocycles. The summed E-state index contributed by atoms with van der Waals surface area (Å²) in [4.78, 5) is 21.5. The lowest BCUT2D eigenvalue weighted by molar-refractivity contribution is 0.0683. The minimum Gasteiger partial charge on any atom is -0.477 e. The van der Waals surface area contributed by atoms with Crippen molar-refractivity contribution in [3.8, 4) is 0 Å². The van der Waals surface area contributed by atoms with E-state index in [9.17, 15) is 9.59 Å². The predicted molar refractivity (Wildman–Crippen MR) is 54.6 cm³/mol. The SMILES string of the molecule is O=C(O)c1n[nH]c(C(=O)O)c1CCCBr. The van der Waals surface area contributed by atoms with Crippen LogP contribution in [0.4, 0.5) is 0 Å². The number of carbonyl (C=O) groups is 2. The number of halogens is 1. The molecule has 0 spiro atoms. The molecule has 1 aromatic rings. The van der Waals surface area contributed by atoms with Gasteiger partial charge in [0.1, 0.15) is 5.69 Å². The highest BCUT2D eigenvalue weighted by atomic mass is 79.9. The second-order valence-corrected chi connectivity index (χ2v) is 3.62. The first-order valence-electron chi connectivity index (χ1n) is 4.17. The fraction of sp³-hybridized carbons (Fsp3) is 0.375. The van der Waals surface area contributed by atoms with E-state index in [-0.39, 0.29) is 17.0 Å². The number of carboxylic acids is 2. The van der Waals surface area contributed by atoms with Crippen molar-refractivity contribution in [3.63, 3.8) is 0 Å². The molecule has 7 heteroatoms. The third-order valence-electron chi connectivity index (χ3n) is 1.84. The summed E-state index contributed by atoms with van der Waals surface area (Å²) in [5.74, 6) is -2.41. The van der Waals surface area contributed by atoms with Gasteiger partial charge in [-0.05, 0) is 12.8 Å². The summed E-state index contributed by atoms with van der Waals surface area (Å²) in [6, 6.07) is 0. The summed E-state index contributed by atoms with van der Waals surface area (Å²) >= 11 is 3.19. The van der Waals surface area contributed by atoms with E-state index in [1.807, 2.05) is 0 Å². The monoisotopic (exact) mass is 276 g/mol. The Morgan fingerprint density at radius 2 is 2.00 bits per heavy atom. The van der Waals surface area contributed by atoms with Crippen LogP contribution in [-0.2, 0) is 6.42 Å². The summed E-state index contributed by atoms with van der Waals surface area (Å²) in [5, 5.41) is 23.9. The van der Waals surface area contributed by atoms with Gasteiger partial charge in [-0.2, -0.15) is 5.10 Å². The number of aromatic carboxylic acids is 2. The lowest BCUT2D eigenvalue weighted by Crippen LogP contribution is -2.06. The summed E-state index contributed by atoms with van der Waals surface area (Å²) < 4.78 is 0. The van der Waals surface area contributed by atoms with Crippen molar-refractivity contribution >= 4 is 27.9 Å². The van der Waals surface area contributed by atoms with E-state index < -0.39 is 11.9 Å². The number of hydrogen-bond acceptors (Lipinski definition) is 3. The van der Waals surface area contributed by atoms with Gasteiger partial charge in [0.05, 0.1) is 0 Å². The number of nitrogens with one attached hydrogen (secondary N) is 1. The van der Waals surface area contributed by atoms with Crippen LogP contribution >= 0.6 is 15.9 Å². The van der Waals surface area contributed by atoms with Gasteiger partial charge < -0.3 is 10.2 Å². The zero-order valence-corrected chi connectivity index (χ0v) is 9.24. The molecule has 15 heavy (non-hydrogen) atoms. The van der Waals surface area contributed by atoms with Gasteiger partial charge in [0.25, 0.3) is 0 Å². The smallest absolute Gasteiger partial charge is 0.356 e.